The number of nitrogens with zero attached hydrogens (tertiary/aromatic N) is 2. The highest BCUT2D eigenvalue weighted by molar-refractivity contribution is 5.91. The van der Waals surface area contributed by atoms with E-state index in [9.17, 15) is 23.1 Å². The molecule has 0 aliphatic heterocycles. The zero-order valence-electron chi connectivity index (χ0n) is 15.4. The summed E-state index contributed by atoms with van der Waals surface area (Å²) >= 11 is 0. The molecule has 0 aliphatic rings. The Kier molecular flexibility index (Phi) is 6.35. The molecule has 1 heterocycles. The molecule has 1 aromatic heterocycles. The highest BCUT2D eigenvalue weighted by Crippen LogP contribution is 2.29. The Labute approximate surface area is 168 Å². The first-order valence-electron chi connectivity index (χ1n) is 8.70. The Morgan fingerprint density at radius 3 is 2.63 bits per heavy atom. The molecule has 0 aliphatic carbocycles. The largest absolute Gasteiger partial charge is 0.508 e. The zero-order valence-corrected chi connectivity index (χ0v) is 15.4. The summed E-state index contributed by atoms with van der Waals surface area (Å²) in [7, 11) is 0. The number of amides is 1. The van der Waals surface area contributed by atoms with Gasteiger partial charge in [-0.15, -0.1) is 0 Å². The number of ether oxygens (including phenoxy) is 1. The predicted molar refractivity (Wildman–Crippen MR) is 100 cm³/mol. The summed E-state index contributed by atoms with van der Waals surface area (Å²) in [6.45, 7) is 0.427. The third kappa shape index (κ3) is 5.84. The third-order valence-electron chi connectivity index (χ3n) is 3.75. The van der Waals surface area contributed by atoms with Crippen LogP contribution in [0, 0.1) is 0 Å². The molecular formula is C20H16F3N3O4. The van der Waals surface area contributed by atoms with Crippen LogP contribution in [-0.2, 0) is 11.0 Å². The van der Waals surface area contributed by atoms with Crippen molar-refractivity contribution in [2.45, 2.75) is 6.18 Å². The molecule has 3 aromatic rings. The van der Waals surface area contributed by atoms with Gasteiger partial charge in [0, 0.05) is 11.6 Å². The number of aromatic hydroxyl groups is 1. The van der Waals surface area contributed by atoms with Crippen LogP contribution < -0.4 is 10.1 Å². The molecule has 0 spiro atoms. The molecule has 1 amide bonds. The van der Waals surface area contributed by atoms with Gasteiger partial charge in [-0.2, -0.15) is 18.2 Å². The molecule has 156 valence electrons. The Morgan fingerprint density at radius 1 is 1.20 bits per heavy atom. The smallest absolute Gasteiger partial charge is 0.471 e. The molecule has 0 bridgehead atoms. The second-order valence-electron chi connectivity index (χ2n) is 6.01. The summed E-state index contributed by atoms with van der Waals surface area (Å²) < 4.78 is 47.2. The SMILES string of the molecule is O=C(/C=C/c1cccc(O)c1)NCCOc1ccc(-c2noc(C(F)(F)F)n2)cc1. The zero-order chi connectivity index (χ0) is 21.6. The second kappa shape index (κ2) is 9.12. The molecule has 0 radical (unpaired) electrons. The standard InChI is InChI=1S/C20H16F3N3O4/c21-20(22,23)19-25-18(26-30-19)14-5-7-16(8-6-14)29-11-10-24-17(28)9-4-13-2-1-3-15(27)12-13/h1-9,12,27H,10-11H2,(H,24,28)/b9-4+. The van der Waals surface area contributed by atoms with Crippen molar-refractivity contribution >= 4 is 12.0 Å². The molecule has 0 atom stereocenters. The van der Waals surface area contributed by atoms with Gasteiger partial charge in [0.15, 0.2) is 0 Å². The van der Waals surface area contributed by atoms with E-state index in [4.69, 9.17) is 4.74 Å². The Bertz CT molecular complexity index is 1030. The Balaban J connectivity index is 1.44. The lowest BCUT2D eigenvalue weighted by atomic mass is 10.2. The van der Waals surface area contributed by atoms with Gasteiger partial charge in [-0.05, 0) is 48.0 Å². The molecule has 10 heteroatoms. The first-order chi connectivity index (χ1) is 14.3. The van der Waals surface area contributed by atoms with Crippen molar-refractivity contribution in [1.82, 2.24) is 15.5 Å². The van der Waals surface area contributed by atoms with E-state index in [0.717, 1.165) is 0 Å². The average Bonchev–Trinajstić information content (AvgIpc) is 3.21. The highest BCUT2D eigenvalue weighted by atomic mass is 19.4. The van der Waals surface area contributed by atoms with Crippen molar-refractivity contribution in [3.05, 3.63) is 66.1 Å². The van der Waals surface area contributed by atoms with Crippen LogP contribution >= 0.6 is 0 Å². The van der Waals surface area contributed by atoms with Crippen molar-refractivity contribution < 1.29 is 32.3 Å². The molecule has 3 rings (SSSR count). The van der Waals surface area contributed by atoms with Gasteiger partial charge in [-0.25, -0.2) is 0 Å². The second-order valence-corrected chi connectivity index (χ2v) is 6.01. The number of phenols is 1. The minimum atomic E-state index is -4.70. The van der Waals surface area contributed by atoms with Crippen LogP contribution in [0.5, 0.6) is 11.5 Å². The summed E-state index contributed by atoms with van der Waals surface area (Å²) in [6.07, 6.45) is -1.79. The fourth-order valence-corrected chi connectivity index (χ4v) is 2.36. The lowest BCUT2D eigenvalue weighted by molar-refractivity contribution is -0.159. The van der Waals surface area contributed by atoms with Crippen molar-refractivity contribution in [2.24, 2.45) is 0 Å². The number of alkyl halides is 3. The number of hydrogen-bond acceptors (Lipinski definition) is 6. The van der Waals surface area contributed by atoms with Gasteiger partial charge in [0.25, 0.3) is 0 Å². The number of nitrogens with one attached hydrogen (secondary N) is 1. The summed E-state index contributed by atoms with van der Waals surface area (Å²) in [5.41, 5.74) is 1.03. The number of carbonyl (C=O) groups excluding carboxylic acids is 1. The van der Waals surface area contributed by atoms with Crippen LogP contribution in [0.25, 0.3) is 17.5 Å². The van der Waals surface area contributed by atoms with E-state index in [1.54, 1.807) is 30.3 Å². The van der Waals surface area contributed by atoms with Crippen molar-refractivity contribution in [2.75, 3.05) is 13.2 Å². The highest BCUT2D eigenvalue weighted by Gasteiger charge is 2.38. The molecule has 0 saturated carbocycles. The number of rotatable bonds is 7. The van der Waals surface area contributed by atoms with Gasteiger partial charge in [-0.3, -0.25) is 4.79 Å². The minimum Gasteiger partial charge on any atom is -0.508 e. The normalized spacial score (nSPS) is 11.6. The lowest BCUT2D eigenvalue weighted by Gasteiger charge is -2.07. The third-order valence-corrected chi connectivity index (χ3v) is 3.75. The summed E-state index contributed by atoms with van der Waals surface area (Å²) in [4.78, 5) is 15.1. The molecule has 0 saturated heterocycles. The van der Waals surface area contributed by atoms with Gasteiger partial charge in [-0.1, -0.05) is 17.3 Å². The molecule has 30 heavy (non-hydrogen) atoms. The van der Waals surface area contributed by atoms with Crippen molar-refractivity contribution in [3.63, 3.8) is 0 Å². The molecule has 2 aromatic carbocycles. The maximum absolute atomic E-state index is 12.5. The minimum absolute atomic E-state index is 0.108. The number of halogens is 3. The van der Waals surface area contributed by atoms with Crippen LogP contribution in [0.3, 0.4) is 0 Å². The summed E-state index contributed by atoms with van der Waals surface area (Å²) in [5, 5.41) is 15.3. The number of aromatic nitrogens is 2. The van der Waals surface area contributed by atoms with E-state index in [1.165, 1.54) is 30.3 Å². The van der Waals surface area contributed by atoms with Crippen LogP contribution in [0.2, 0.25) is 0 Å². The number of phenolic OH excluding ortho intramolecular Hbond substituents is 1. The van der Waals surface area contributed by atoms with Gasteiger partial charge >= 0.3 is 12.1 Å². The first-order valence-corrected chi connectivity index (χ1v) is 8.70. The van der Waals surface area contributed by atoms with E-state index in [1.807, 2.05) is 0 Å². The average molecular weight is 419 g/mol. The Morgan fingerprint density at radius 2 is 1.97 bits per heavy atom. The predicted octanol–water partition coefficient (Wildman–Crippen LogP) is 3.67. The van der Waals surface area contributed by atoms with Crippen LogP contribution in [0.15, 0.2) is 59.1 Å². The number of hydrogen-bond donors (Lipinski definition) is 2. The van der Waals surface area contributed by atoms with Crippen molar-refractivity contribution in [1.29, 1.82) is 0 Å². The van der Waals surface area contributed by atoms with E-state index in [2.05, 4.69) is 20.0 Å². The fraction of sp³-hybridized carbons (Fsp3) is 0.150. The number of carbonyl (C=O) groups is 1. The fourth-order valence-electron chi connectivity index (χ4n) is 2.36. The first kappa shape index (κ1) is 20.9. The molecule has 7 nitrogen and oxygen atoms in total. The maximum atomic E-state index is 12.5. The summed E-state index contributed by atoms with van der Waals surface area (Å²) in [6, 6.07) is 12.5. The van der Waals surface area contributed by atoms with E-state index in [-0.39, 0.29) is 30.6 Å². The van der Waals surface area contributed by atoms with Gasteiger partial charge in [0.05, 0.1) is 6.54 Å². The summed E-state index contributed by atoms with van der Waals surface area (Å²) in [5.74, 6) is -1.35. The number of benzene rings is 2. The van der Waals surface area contributed by atoms with Crippen molar-refractivity contribution in [3.8, 4) is 22.9 Å². The van der Waals surface area contributed by atoms with E-state index in [0.29, 0.717) is 16.9 Å². The Hall–Kier alpha value is -3.82. The van der Waals surface area contributed by atoms with E-state index < -0.39 is 12.1 Å². The van der Waals surface area contributed by atoms with Gasteiger partial charge in [0.2, 0.25) is 11.7 Å². The molecule has 0 unspecified atom stereocenters. The maximum Gasteiger partial charge on any atom is 0.471 e. The van der Waals surface area contributed by atoms with Gasteiger partial charge in [0.1, 0.15) is 18.1 Å². The molecular weight excluding hydrogens is 403 g/mol. The quantitative estimate of drug-likeness (QED) is 0.448. The monoisotopic (exact) mass is 419 g/mol. The van der Waals surface area contributed by atoms with Gasteiger partial charge < -0.3 is 19.7 Å². The van der Waals surface area contributed by atoms with Crippen LogP contribution in [0.1, 0.15) is 11.5 Å². The lowest BCUT2D eigenvalue weighted by Crippen LogP contribution is -2.26. The van der Waals surface area contributed by atoms with Crippen LogP contribution in [-0.4, -0.2) is 34.3 Å². The van der Waals surface area contributed by atoms with Crippen LogP contribution in [0.4, 0.5) is 13.2 Å². The molecule has 0 fully saturated rings. The van der Waals surface area contributed by atoms with E-state index >= 15 is 0 Å². The topological polar surface area (TPSA) is 97.5 Å². The molecule has 2 N–H and O–H groups in total.